The Labute approximate surface area is 137 Å². The molecule has 1 aromatic carbocycles. The number of nitrogens with zero attached hydrogens (tertiary/aromatic N) is 1. The summed E-state index contributed by atoms with van der Waals surface area (Å²) in [5, 5.41) is 5.89. The van der Waals surface area contributed by atoms with Gasteiger partial charge in [0.2, 0.25) is 11.8 Å². The molecule has 6 heteroatoms. The summed E-state index contributed by atoms with van der Waals surface area (Å²) in [6, 6.07) is 7.50. The molecule has 1 fully saturated rings. The predicted molar refractivity (Wildman–Crippen MR) is 91.6 cm³/mol. The maximum atomic E-state index is 12.0. The Hall–Kier alpha value is -1.59. The first-order valence-electron chi connectivity index (χ1n) is 7.47. The normalized spacial score (nSPS) is 15.9. The third-order valence-electron chi connectivity index (χ3n) is 3.71. The van der Waals surface area contributed by atoms with E-state index in [0.717, 1.165) is 30.8 Å². The average molecular weight is 326 g/mol. The van der Waals surface area contributed by atoms with Crippen molar-refractivity contribution in [2.45, 2.75) is 26.2 Å². The first-order valence-corrected chi connectivity index (χ1v) is 7.47. The van der Waals surface area contributed by atoms with Crippen LogP contribution < -0.4 is 15.5 Å². The van der Waals surface area contributed by atoms with Crippen molar-refractivity contribution in [2.24, 2.45) is 5.92 Å². The number of hydrogen-bond donors (Lipinski definition) is 2. The van der Waals surface area contributed by atoms with E-state index in [2.05, 4.69) is 10.6 Å². The Bertz CT molecular complexity index is 522. The number of hydrogen-bond acceptors (Lipinski definition) is 3. The van der Waals surface area contributed by atoms with Gasteiger partial charge in [0.05, 0.1) is 0 Å². The maximum absolute atomic E-state index is 12.0. The predicted octanol–water partition coefficient (Wildman–Crippen LogP) is 2.42. The van der Waals surface area contributed by atoms with Crippen LogP contribution in [0.1, 0.15) is 26.2 Å². The molecule has 2 rings (SSSR count). The van der Waals surface area contributed by atoms with E-state index in [1.54, 1.807) is 4.90 Å². The summed E-state index contributed by atoms with van der Waals surface area (Å²) in [6.45, 7) is 3.27. The minimum absolute atomic E-state index is 0. The number of halogens is 1. The van der Waals surface area contributed by atoms with Crippen LogP contribution in [-0.2, 0) is 9.59 Å². The van der Waals surface area contributed by atoms with Gasteiger partial charge in [0.1, 0.15) is 0 Å². The Morgan fingerprint density at radius 3 is 2.82 bits per heavy atom. The maximum Gasteiger partial charge on any atom is 0.228 e. The highest BCUT2D eigenvalue weighted by Gasteiger charge is 2.20. The van der Waals surface area contributed by atoms with E-state index >= 15 is 0 Å². The lowest BCUT2D eigenvalue weighted by atomic mass is 10.1. The van der Waals surface area contributed by atoms with Crippen molar-refractivity contribution in [1.82, 2.24) is 5.32 Å². The molecule has 1 unspecified atom stereocenters. The fraction of sp³-hybridized carbons (Fsp3) is 0.500. The molecule has 2 N–H and O–H groups in total. The van der Waals surface area contributed by atoms with Crippen LogP contribution >= 0.6 is 12.4 Å². The van der Waals surface area contributed by atoms with Crippen LogP contribution in [0.25, 0.3) is 0 Å². The van der Waals surface area contributed by atoms with Crippen LogP contribution in [0.4, 0.5) is 11.4 Å². The minimum atomic E-state index is -0.102. The zero-order valence-electron chi connectivity index (χ0n) is 13.1. The lowest BCUT2D eigenvalue weighted by Gasteiger charge is -2.27. The monoisotopic (exact) mass is 325 g/mol. The number of piperidine rings is 1. The molecule has 0 radical (unpaired) electrons. The summed E-state index contributed by atoms with van der Waals surface area (Å²) in [5.74, 6) is 0.0371. The third kappa shape index (κ3) is 4.71. The molecule has 1 aromatic rings. The molecule has 1 heterocycles. The van der Waals surface area contributed by atoms with Crippen LogP contribution in [0.15, 0.2) is 24.3 Å². The second-order valence-electron chi connectivity index (χ2n) is 5.50. The van der Waals surface area contributed by atoms with Crippen LogP contribution in [-0.4, -0.2) is 32.0 Å². The number of rotatable bonds is 5. The largest absolute Gasteiger partial charge is 0.326 e. The third-order valence-corrected chi connectivity index (χ3v) is 3.71. The first kappa shape index (κ1) is 18.5. The molecule has 122 valence electrons. The number of nitrogens with one attached hydrogen (secondary N) is 2. The number of carbonyl (C=O) groups excluding carboxylic acids is 2. The Morgan fingerprint density at radius 1 is 1.36 bits per heavy atom. The zero-order valence-corrected chi connectivity index (χ0v) is 13.9. The van der Waals surface area contributed by atoms with Gasteiger partial charge in [-0.3, -0.25) is 9.59 Å². The fourth-order valence-corrected chi connectivity index (χ4v) is 2.49. The van der Waals surface area contributed by atoms with Crippen molar-refractivity contribution in [3.05, 3.63) is 24.3 Å². The van der Waals surface area contributed by atoms with Gasteiger partial charge >= 0.3 is 0 Å². The smallest absolute Gasteiger partial charge is 0.228 e. The molecule has 0 aliphatic carbocycles. The molecule has 1 atom stereocenters. The quantitative estimate of drug-likeness (QED) is 0.874. The molecule has 1 aliphatic heterocycles. The van der Waals surface area contributed by atoms with Crippen molar-refractivity contribution in [3.8, 4) is 0 Å². The Morgan fingerprint density at radius 2 is 2.14 bits per heavy atom. The summed E-state index contributed by atoms with van der Waals surface area (Å²) in [4.78, 5) is 25.8. The van der Waals surface area contributed by atoms with Crippen molar-refractivity contribution in [2.75, 3.05) is 30.4 Å². The van der Waals surface area contributed by atoms with E-state index in [0.29, 0.717) is 13.0 Å². The molecule has 5 nitrogen and oxygen atoms in total. The van der Waals surface area contributed by atoms with Gasteiger partial charge in [0.15, 0.2) is 0 Å². The second kappa shape index (κ2) is 8.76. The number of carbonyl (C=O) groups is 2. The zero-order chi connectivity index (χ0) is 15.2. The second-order valence-corrected chi connectivity index (χ2v) is 5.50. The lowest BCUT2D eigenvalue weighted by Crippen LogP contribution is -2.35. The van der Waals surface area contributed by atoms with Gasteiger partial charge in [-0.15, -0.1) is 12.4 Å². The summed E-state index contributed by atoms with van der Waals surface area (Å²) in [6.07, 6.45) is 2.60. The molecular weight excluding hydrogens is 302 g/mol. The molecule has 2 amide bonds. The number of amides is 2. The van der Waals surface area contributed by atoms with Crippen molar-refractivity contribution >= 4 is 35.6 Å². The van der Waals surface area contributed by atoms with E-state index in [1.807, 2.05) is 38.2 Å². The molecule has 0 aromatic heterocycles. The summed E-state index contributed by atoms with van der Waals surface area (Å²) >= 11 is 0. The van der Waals surface area contributed by atoms with E-state index in [9.17, 15) is 9.59 Å². The highest BCUT2D eigenvalue weighted by molar-refractivity contribution is 5.96. The van der Waals surface area contributed by atoms with Crippen LogP contribution in [0.2, 0.25) is 0 Å². The lowest BCUT2D eigenvalue weighted by molar-refractivity contribution is -0.120. The molecular formula is C16H24ClN3O2. The molecule has 0 spiro atoms. The van der Waals surface area contributed by atoms with Gasteiger partial charge in [-0.25, -0.2) is 0 Å². The number of anilines is 2. The Balaban J connectivity index is 0.00000242. The van der Waals surface area contributed by atoms with Crippen molar-refractivity contribution in [3.63, 3.8) is 0 Å². The molecule has 1 saturated heterocycles. The van der Waals surface area contributed by atoms with E-state index in [-0.39, 0.29) is 30.1 Å². The van der Waals surface area contributed by atoms with Crippen LogP contribution in [0.5, 0.6) is 0 Å². The Kier molecular flexibility index (Phi) is 7.35. The SMILES string of the molecule is CNCC(C)C(=O)Nc1cccc(N2CCCCC2=O)c1.Cl. The molecule has 22 heavy (non-hydrogen) atoms. The van der Waals surface area contributed by atoms with E-state index in [4.69, 9.17) is 0 Å². The highest BCUT2D eigenvalue weighted by Crippen LogP contribution is 2.24. The standard InChI is InChI=1S/C16H23N3O2.ClH/c1-12(11-17-2)16(21)18-13-6-5-7-14(10-13)19-9-4-3-8-15(19)20;/h5-7,10,12,17H,3-4,8-9,11H2,1-2H3,(H,18,21);1H. The molecule has 0 saturated carbocycles. The van der Waals surface area contributed by atoms with Crippen molar-refractivity contribution in [1.29, 1.82) is 0 Å². The summed E-state index contributed by atoms with van der Waals surface area (Å²) in [5.41, 5.74) is 1.59. The highest BCUT2D eigenvalue weighted by atomic mass is 35.5. The van der Waals surface area contributed by atoms with Gasteiger partial charge in [-0.2, -0.15) is 0 Å². The number of benzene rings is 1. The van der Waals surface area contributed by atoms with Crippen LogP contribution in [0, 0.1) is 5.92 Å². The average Bonchev–Trinajstić information content (AvgIpc) is 2.48. The van der Waals surface area contributed by atoms with Gasteiger partial charge in [-0.05, 0) is 38.1 Å². The van der Waals surface area contributed by atoms with E-state index in [1.165, 1.54) is 0 Å². The molecule has 1 aliphatic rings. The first-order chi connectivity index (χ1) is 10.1. The van der Waals surface area contributed by atoms with Gasteiger partial charge in [0, 0.05) is 36.8 Å². The summed E-state index contributed by atoms with van der Waals surface area (Å²) in [7, 11) is 1.83. The van der Waals surface area contributed by atoms with Gasteiger partial charge in [-0.1, -0.05) is 13.0 Å². The van der Waals surface area contributed by atoms with Gasteiger partial charge < -0.3 is 15.5 Å². The minimum Gasteiger partial charge on any atom is -0.326 e. The summed E-state index contributed by atoms with van der Waals surface area (Å²) < 4.78 is 0. The topological polar surface area (TPSA) is 61.4 Å². The molecule has 0 bridgehead atoms. The fourth-order valence-electron chi connectivity index (χ4n) is 2.49. The van der Waals surface area contributed by atoms with Crippen molar-refractivity contribution < 1.29 is 9.59 Å². The van der Waals surface area contributed by atoms with E-state index < -0.39 is 0 Å². The van der Waals surface area contributed by atoms with Gasteiger partial charge in [0.25, 0.3) is 0 Å². The van der Waals surface area contributed by atoms with Crippen LogP contribution in [0.3, 0.4) is 0 Å².